The van der Waals surface area contributed by atoms with E-state index in [-0.39, 0.29) is 23.1 Å². The molecular weight excluding hydrogens is 488 g/mol. The van der Waals surface area contributed by atoms with Crippen LogP contribution in [0.1, 0.15) is 25.3 Å². The third-order valence-electron chi connectivity index (χ3n) is 8.28. The number of nitrogens with zero attached hydrogens (tertiary/aromatic N) is 4. The van der Waals surface area contributed by atoms with Crippen LogP contribution in [0.2, 0.25) is 0 Å². The average molecular weight is 523 g/mol. The number of para-hydroxylation sites is 1. The Balaban J connectivity index is 1.08. The van der Waals surface area contributed by atoms with Crippen LogP contribution in [0.25, 0.3) is 16.9 Å². The molecule has 1 amide bonds. The first-order chi connectivity index (χ1) is 18.9. The molecule has 8 heteroatoms. The summed E-state index contributed by atoms with van der Waals surface area (Å²) in [5, 5.41) is 21.9. The molecule has 2 atom stereocenters. The summed E-state index contributed by atoms with van der Waals surface area (Å²) in [5.74, 6) is 1.54. The minimum absolute atomic E-state index is 0.0693. The van der Waals surface area contributed by atoms with Gasteiger partial charge in [-0.1, -0.05) is 42.5 Å². The number of nitrogens with one attached hydrogen (secondary N) is 2. The van der Waals surface area contributed by atoms with Crippen molar-refractivity contribution in [2.45, 2.75) is 32.7 Å². The third kappa shape index (κ3) is 4.71. The lowest BCUT2D eigenvalue weighted by molar-refractivity contribution is -0.127. The lowest BCUT2D eigenvalue weighted by atomic mass is 9.75. The van der Waals surface area contributed by atoms with Crippen molar-refractivity contribution in [2.24, 2.45) is 11.3 Å². The summed E-state index contributed by atoms with van der Waals surface area (Å²) in [7, 11) is 0. The topological polar surface area (TPSA) is 94.8 Å². The van der Waals surface area contributed by atoms with Crippen molar-refractivity contribution in [3.05, 3.63) is 90.3 Å². The maximum absolute atomic E-state index is 13.0. The molecule has 0 spiro atoms. The molecule has 1 saturated heterocycles. The van der Waals surface area contributed by atoms with E-state index < -0.39 is 0 Å². The molecule has 0 saturated carbocycles. The Bertz CT molecular complexity index is 1530. The number of phenolic OH excluding ortho intramolecular Hbond substituents is 1. The highest BCUT2D eigenvalue weighted by molar-refractivity contribution is 5.88. The predicted molar refractivity (Wildman–Crippen MR) is 153 cm³/mol. The fourth-order valence-corrected chi connectivity index (χ4v) is 5.70. The number of allylic oxidation sites excluding steroid dienone is 3. The summed E-state index contributed by atoms with van der Waals surface area (Å²) in [4.78, 5) is 19.7. The van der Waals surface area contributed by atoms with Crippen LogP contribution in [0.5, 0.6) is 5.75 Å². The number of amides is 1. The molecule has 39 heavy (non-hydrogen) atoms. The van der Waals surface area contributed by atoms with Gasteiger partial charge in [-0.25, -0.2) is 4.98 Å². The van der Waals surface area contributed by atoms with Crippen LogP contribution in [0.3, 0.4) is 0 Å². The van der Waals surface area contributed by atoms with Crippen LogP contribution < -0.4 is 10.6 Å². The Morgan fingerprint density at radius 2 is 2.08 bits per heavy atom. The minimum atomic E-state index is -0.116. The number of likely N-dealkylation sites (tertiary alicyclic amines) is 1. The first-order valence-electron chi connectivity index (χ1n) is 13.6. The Morgan fingerprint density at radius 3 is 2.90 bits per heavy atom. The van der Waals surface area contributed by atoms with E-state index in [4.69, 9.17) is 4.98 Å². The van der Waals surface area contributed by atoms with E-state index in [1.54, 1.807) is 24.4 Å². The molecule has 2 aliphatic heterocycles. The standard InChI is InChI=1S/C31H34N6O2/c1-21-18-34-37-28(17-25(35-30(21)37)24-7-3-4-8-26(24)38)33-19-22-12-15-36(16-13-22)29(39)11-10-23-20-32-27-9-5-6-14-31(23,27)2/h3-11,14,17-18,20,22,27,32-33,38H,12-13,15-16,19H2,1-2H3/b11-10+. The van der Waals surface area contributed by atoms with Gasteiger partial charge in [0, 0.05) is 54.5 Å². The van der Waals surface area contributed by atoms with Crippen molar-refractivity contribution in [1.29, 1.82) is 0 Å². The summed E-state index contributed by atoms with van der Waals surface area (Å²) in [6.45, 7) is 6.43. The number of phenols is 1. The second-order valence-corrected chi connectivity index (χ2v) is 10.9. The molecule has 3 N–H and O–H groups in total. The third-order valence-corrected chi connectivity index (χ3v) is 8.28. The second kappa shape index (κ2) is 10.1. The molecule has 1 aliphatic carbocycles. The average Bonchev–Trinajstić information content (AvgIpc) is 3.50. The number of piperidine rings is 1. The van der Waals surface area contributed by atoms with Crippen LogP contribution in [0.4, 0.5) is 5.82 Å². The van der Waals surface area contributed by atoms with Gasteiger partial charge in [-0.05, 0) is 50.3 Å². The fourth-order valence-electron chi connectivity index (χ4n) is 5.70. The molecule has 0 radical (unpaired) electrons. The van der Waals surface area contributed by atoms with Crippen LogP contribution in [-0.2, 0) is 4.79 Å². The number of hydrogen-bond donors (Lipinski definition) is 3. The molecule has 1 aromatic carbocycles. The molecule has 2 aromatic heterocycles. The minimum Gasteiger partial charge on any atom is -0.507 e. The number of aryl methyl sites for hydroxylation is 1. The number of hydrogen-bond acceptors (Lipinski definition) is 6. The Hall–Kier alpha value is -4.33. The molecule has 200 valence electrons. The van der Waals surface area contributed by atoms with Gasteiger partial charge >= 0.3 is 0 Å². The number of anilines is 1. The zero-order valence-electron chi connectivity index (χ0n) is 22.3. The zero-order chi connectivity index (χ0) is 27.0. The second-order valence-electron chi connectivity index (χ2n) is 10.9. The van der Waals surface area contributed by atoms with Gasteiger partial charge in [0.1, 0.15) is 11.6 Å². The Labute approximate surface area is 228 Å². The number of benzene rings is 1. The van der Waals surface area contributed by atoms with Gasteiger partial charge in [-0.2, -0.15) is 9.61 Å². The normalized spacial score (nSPS) is 22.8. The van der Waals surface area contributed by atoms with E-state index in [0.29, 0.717) is 17.2 Å². The van der Waals surface area contributed by atoms with E-state index in [1.807, 2.05) is 46.8 Å². The van der Waals surface area contributed by atoms with Crippen molar-refractivity contribution in [3.8, 4) is 17.0 Å². The first-order valence-corrected chi connectivity index (χ1v) is 13.6. The van der Waals surface area contributed by atoms with Gasteiger partial charge in [-0.15, -0.1) is 0 Å². The molecule has 2 unspecified atom stereocenters. The molecule has 3 aliphatic rings. The van der Waals surface area contributed by atoms with Crippen LogP contribution in [0, 0.1) is 18.3 Å². The maximum Gasteiger partial charge on any atom is 0.246 e. The van der Waals surface area contributed by atoms with Gasteiger partial charge in [-0.3, -0.25) is 4.79 Å². The molecule has 6 rings (SSSR count). The highest BCUT2D eigenvalue weighted by Gasteiger charge is 2.38. The molecular formula is C31H34N6O2. The predicted octanol–water partition coefficient (Wildman–Crippen LogP) is 4.61. The maximum atomic E-state index is 13.0. The van der Waals surface area contributed by atoms with Gasteiger partial charge in [0.15, 0.2) is 5.65 Å². The number of carbonyl (C=O) groups excluding carboxylic acids is 1. The summed E-state index contributed by atoms with van der Waals surface area (Å²) >= 11 is 0. The van der Waals surface area contributed by atoms with Gasteiger partial charge in [0.2, 0.25) is 5.91 Å². The molecule has 3 aromatic rings. The van der Waals surface area contributed by atoms with Crippen LogP contribution in [-0.4, -0.2) is 56.2 Å². The Morgan fingerprint density at radius 1 is 1.26 bits per heavy atom. The molecule has 8 nitrogen and oxygen atoms in total. The fraction of sp³-hybridized carbons (Fsp3) is 0.323. The van der Waals surface area contributed by atoms with Gasteiger partial charge in [0.05, 0.1) is 17.9 Å². The summed E-state index contributed by atoms with van der Waals surface area (Å²) in [6, 6.07) is 9.41. The van der Waals surface area contributed by atoms with Crippen LogP contribution in [0.15, 0.2) is 84.8 Å². The zero-order valence-corrected chi connectivity index (χ0v) is 22.3. The highest BCUT2D eigenvalue weighted by atomic mass is 16.3. The van der Waals surface area contributed by atoms with E-state index in [2.05, 4.69) is 47.0 Å². The monoisotopic (exact) mass is 522 g/mol. The lowest BCUT2D eigenvalue weighted by Crippen LogP contribution is -2.39. The van der Waals surface area contributed by atoms with Crippen molar-refractivity contribution in [1.82, 2.24) is 24.8 Å². The van der Waals surface area contributed by atoms with Gasteiger partial charge in [0.25, 0.3) is 0 Å². The summed E-state index contributed by atoms with van der Waals surface area (Å²) in [5.41, 5.74) is 4.13. The van der Waals surface area contributed by atoms with Crippen molar-refractivity contribution in [2.75, 3.05) is 25.0 Å². The first kappa shape index (κ1) is 25.0. The number of aromatic nitrogens is 3. The lowest BCUT2D eigenvalue weighted by Gasteiger charge is -2.32. The van der Waals surface area contributed by atoms with E-state index in [9.17, 15) is 9.90 Å². The number of aromatic hydroxyl groups is 1. The number of fused-ring (bicyclic) bond motifs is 2. The molecule has 1 fully saturated rings. The largest absolute Gasteiger partial charge is 0.507 e. The quantitative estimate of drug-likeness (QED) is 0.410. The van der Waals surface area contributed by atoms with Crippen molar-refractivity contribution >= 4 is 17.4 Å². The van der Waals surface area contributed by atoms with Gasteiger partial charge < -0.3 is 20.6 Å². The smallest absolute Gasteiger partial charge is 0.246 e. The van der Waals surface area contributed by atoms with E-state index in [0.717, 1.165) is 55.1 Å². The molecule has 0 bridgehead atoms. The summed E-state index contributed by atoms with van der Waals surface area (Å²) < 4.78 is 1.82. The van der Waals surface area contributed by atoms with Crippen molar-refractivity contribution < 1.29 is 9.90 Å². The van der Waals surface area contributed by atoms with Crippen LogP contribution >= 0.6 is 0 Å². The Kier molecular flexibility index (Phi) is 6.46. The van der Waals surface area contributed by atoms with E-state index in [1.165, 1.54) is 0 Å². The highest BCUT2D eigenvalue weighted by Crippen LogP contribution is 2.40. The SMILES string of the molecule is Cc1cnn2c(NCC3CCN(C(=O)/C=C/C4=CNC5C=CC=CC45C)CC3)cc(-c3ccccc3O)nc12. The number of rotatable bonds is 6. The van der Waals surface area contributed by atoms with Crippen molar-refractivity contribution in [3.63, 3.8) is 0 Å². The number of carbonyl (C=O) groups is 1. The molecule has 4 heterocycles. The van der Waals surface area contributed by atoms with E-state index >= 15 is 0 Å². The summed E-state index contributed by atoms with van der Waals surface area (Å²) in [6.07, 6.45) is 17.9.